The Hall–Kier alpha value is -0.0800. The minimum atomic E-state index is 0.265. The van der Waals surface area contributed by atoms with E-state index >= 15 is 0 Å². The molecule has 2 nitrogen and oxygen atoms in total. The molecule has 104 valence electrons. The Balaban J connectivity index is 0.000000770. The first-order valence-electron chi connectivity index (χ1n) is 7.06. The second-order valence-electron chi connectivity index (χ2n) is 6.68. The first-order valence-corrected chi connectivity index (χ1v) is 7.06. The Labute approximate surface area is 108 Å². The van der Waals surface area contributed by atoms with Crippen LogP contribution < -0.4 is 0 Å². The predicted octanol–water partition coefficient (Wildman–Crippen LogP) is 3.68. The van der Waals surface area contributed by atoms with Crippen LogP contribution in [0.15, 0.2) is 0 Å². The fraction of sp³-hybridized carbons (Fsp3) is 1.00. The van der Waals surface area contributed by atoms with Crippen LogP contribution in [0, 0.1) is 5.92 Å². The Morgan fingerprint density at radius 3 is 1.71 bits per heavy atom. The number of piperidine rings is 1. The summed E-state index contributed by atoms with van der Waals surface area (Å²) in [4.78, 5) is 2.48. The first kappa shape index (κ1) is 16.9. The molecule has 1 heterocycles. The van der Waals surface area contributed by atoms with Crippen molar-refractivity contribution in [3.63, 3.8) is 0 Å². The van der Waals surface area contributed by atoms with Crippen molar-refractivity contribution in [3.8, 4) is 0 Å². The van der Waals surface area contributed by atoms with E-state index in [0.717, 1.165) is 6.42 Å². The quantitative estimate of drug-likeness (QED) is 0.799. The van der Waals surface area contributed by atoms with Crippen molar-refractivity contribution in [2.45, 2.75) is 78.3 Å². The molecule has 1 fully saturated rings. The van der Waals surface area contributed by atoms with Gasteiger partial charge in [0.1, 0.15) is 0 Å². The van der Waals surface area contributed by atoms with E-state index in [1.165, 1.54) is 19.3 Å². The monoisotopic (exact) mass is 243 g/mol. The molecule has 1 N–H and O–H groups in total. The lowest BCUT2D eigenvalue weighted by atomic mass is 9.73. The zero-order valence-corrected chi connectivity index (χ0v) is 13.0. The van der Waals surface area contributed by atoms with Crippen molar-refractivity contribution in [2.75, 3.05) is 13.7 Å². The summed E-state index contributed by atoms with van der Waals surface area (Å²) < 4.78 is 0. The number of hydrogen-bond donors (Lipinski definition) is 1. The predicted molar refractivity (Wildman–Crippen MR) is 76.3 cm³/mol. The molecule has 17 heavy (non-hydrogen) atoms. The van der Waals surface area contributed by atoms with Gasteiger partial charge in [-0.1, -0.05) is 20.3 Å². The van der Waals surface area contributed by atoms with E-state index in [-0.39, 0.29) is 11.1 Å². The fourth-order valence-corrected chi connectivity index (χ4v) is 2.96. The summed E-state index contributed by atoms with van der Waals surface area (Å²) in [5, 5.41) is 9.01. The van der Waals surface area contributed by atoms with Crippen molar-refractivity contribution >= 4 is 0 Å². The molecular weight excluding hydrogens is 210 g/mol. The lowest BCUT2D eigenvalue weighted by Gasteiger charge is -2.53. The highest BCUT2D eigenvalue weighted by atomic mass is 16.3. The average molecular weight is 243 g/mol. The summed E-state index contributed by atoms with van der Waals surface area (Å²) >= 11 is 0. The van der Waals surface area contributed by atoms with Gasteiger partial charge in [-0.25, -0.2) is 0 Å². The third kappa shape index (κ3) is 4.97. The Kier molecular flexibility index (Phi) is 6.71. The third-order valence-electron chi connectivity index (χ3n) is 3.93. The number of aliphatic hydroxyl groups excluding tert-OH is 1. The lowest BCUT2D eigenvalue weighted by Crippen LogP contribution is -2.58. The number of nitrogens with zero attached hydrogens (tertiary/aromatic N) is 1. The minimum absolute atomic E-state index is 0.265. The van der Waals surface area contributed by atoms with Crippen LogP contribution in [0.2, 0.25) is 0 Å². The summed E-state index contributed by atoms with van der Waals surface area (Å²) in [5.74, 6) is 0.682. The summed E-state index contributed by atoms with van der Waals surface area (Å²) in [7, 11) is 2.22. The van der Waals surface area contributed by atoms with Crippen molar-refractivity contribution < 1.29 is 5.11 Å². The smallest absolute Gasteiger partial charge is 0.0433 e. The minimum Gasteiger partial charge on any atom is -0.396 e. The van der Waals surface area contributed by atoms with Crippen molar-refractivity contribution in [1.82, 2.24) is 4.90 Å². The zero-order chi connectivity index (χ0) is 13.7. The van der Waals surface area contributed by atoms with Crippen LogP contribution in [-0.4, -0.2) is 34.7 Å². The van der Waals surface area contributed by atoms with Crippen LogP contribution in [-0.2, 0) is 0 Å². The fourth-order valence-electron chi connectivity index (χ4n) is 2.96. The van der Waals surface area contributed by atoms with Crippen LogP contribution >= 0.6 is 0 Å². The second-order valence-corrected chi connectivity index (χ2v) is 6.68. The van der Waals surface area contributed by atoms with Crippen LogP contribution in [0.4, 0.5) is 0 Å². The molecule has 0 spiro atoms. The standard InChI is InChI=1S/C12H25NO.C3H8/c1-11(2)8-10(6-7-14)9-12(3,4)13(11)5;1-3-2/h10,14H,6-9H2,1-5H3;3H2,1-2H3. The van der Waals surface area contributed by atoms with E-state index in [4.69, 9.17) is 5.11 Å². The van der Waals surface area contributed by atoms with Crippen LogP contribution in [0.5, 0.6) is 0 Å². The topological polar surface area (TPSA) is 23.5 Å². The number of aliphatic hydroxyl groups is 1. The highest BCUT2D eigenvalue weighted by molar-refractivity contribution is 4.97. The summed E-state index contributed by atoms with van der Waals surface area (Å²) in [5.41, 5.74) is 0.531. The molecule has 1 saturated heterocycles. The Morgan fingerprint density at radius 1 is 1.06 bits per heavy atom. The molecule has 1 rings (SSSR count). The zero-order valence-electron chi connectivity index (χ0n) is 13.0. The van der Waals surface area contributed by atoms with E-state index in [2.05, 4.69) is 53.5 Å². The summed E-state index contributed by atoms with van der Waals surface area (Å²) in [6, 6.07) is 0. The van der Waals surface area contributed by atoms with Gasteiger partial charge in [0.15, 0.2) is 0 Å². The molecule has 2 heteroatoms. The largest absolute Gasteiger partial charge is 0.396 e. The van der Waals surface area contributed by atoms with Crippen LogP contribution in [0.1, 0.15) is 67.2 Å². The van der Waals surface area contributed by atoms with Crippen LogP contribution in [0.25, 0.3) is 0 Å². The molecule has 0 aromatic carbocycles. The van der Waals surface area contributed by atoms with Crippen molar-refractivity contribution in [1.29, 1.82) is 0 Å². The van der Waals surface area contributed by atoms with Gasteiger partial charge in [-0.3, -0.25) is 4.90 Å². The molecule has 0 saturated carbocycles. The number of hydrogen-bond acceptors (Lipinski definition) is 2. The average Bonchev–Trinajstić information content (AvgIpc) is 2.15. The summed E-state index contributed by atoms with van der Waals surface area (Å²) in [6.07, 6.45) is 4.61. The maximum absolute atomic E-state index is 9.01. The third-order valence-corrected chi connectivity index (χ3v) is 3.93. The molecule has 1 aliphatic rings. The first-order chi connectivity index (χ1) is 7.71. The maximum Gasteiger partial charge on any atom is 0.0433 e. The summed E-state index contributed by atoms with van der Waals surface area (Å²) in [6.45, 7) is 13.8. The van der Waals surface area contributed by atoms with E-state index in [0.29, 0.717) is 12.5 Å². The van der Waals surface area contributed by atoms with Crippen molar-refractivity contribution in [2.24, 2.45) is 5.92 Å². The molecule has 0 aliphatic carbocycles. The second kappa shape index (κ2) is 6.75. The molecule has 0 aromatic heterocycles. The van der Waals surface area contributed by atoms with Gasteiger partial charge < -0.3 is 5.11 Å². The number of rotatable bonds is 2. The maximum atomic E-state index is 9.01. The van der Waals surface area contributed by atoms with Gasteiger partial charge in [-0.05, 0) is 59.9 Å². The molecular formula is C15H33NO. The highest BCUT2D eigenvalue weighted by Gasteiger charge is 2.42. The van der Waals surface area contributed by atoms with Gasteiger partial charge in [0, 0.05) is 17.7 Å². The van der Waals surface area contributed by atoms with Crippen molar-refractivity contribution in [3.05, 3.63) is 0 Å². The molecule has 0 unspecified atom stereocenters. The Morgan fingerprint density at radius 2 is 1.41 bits per heavy atom. The van der Waals surface area contributed by atoms with Gasteiger partial charge in [-0.2, -0.15) is 0 Å². The normalized spacial score (nSPS) is 24.0. The lowest BCUT2D eigenvalue weighted by molar-refractivity contribution is -0.0344. The number of likely N-dealkylation sites (tertiary alicyclic amines) is 1. The molecule has 0 bridgehead atoms. The van der Waals surface area contributed by atoms with E-state index in [1.807, 2.05) is 0 Å². The van der Waals surface area contributed by atoms with Gasteiger partial charge in [0.25, 0.3) is 0 Å². The van der Waals surface area contributed by atoms with E-state index < -0.39 is 0 Å². The molecule has 0 amide bonds. The molecule has 0 atom stereocenters. The highest BCUT2D eigenvalue weighted by Crippen LogP contribution is 2.40. The van der Waals surface area contributed by atoms with Crippen LogP contribution in [0.3, 0.4) is 0 Å². The Bertz CT molecular complexity index is 193. The molecule has 0 aromatic rings. The van der Waals surface area contributed by atoms with Gasteiger partial charge in [0.05, 0.1) is 0 Å². The molecule has 1 aliphatic heterocycles. The van der Waals surface area contributed by atoms with E-state index in [1.54, 1.807) is 0 Å². The van der Waals surface area contributed by atoms with Gasteiger partial charge in [-0.15, -0.1) is 0 Å². The van der Waals surface area contributed by atoms with Gasteiger partial charge >= 0.3 is 0 Å². The van der Waals surface area contributed by atoms with Gasteiger partial charge in [0.2, 0.25) is 0 Å². The molecule has 0 radical (unpaired) electrons. The SMILES string of the molecule is CCC.CN1C(C)(C)CC(CCO)CC1(C)C. The van der Waals surface area contributed by atoms with E-state index in [9.17, 15) is 0 Å².